The third-order valence-electron chi connectivity index (χ3n) is 2.96. The van der Waals surface area contributed by atoms with Crippen LogP contribution in [-0.2, 0) is 19.7 Å². The lowest BCUT2D eigenvalue weighted by molar-refractivity contribution is -0.152. The number of hydrogen-bond donors (Lipinski definition) is 2. The molecule has 0 spiro atoms. The van der Waals surface area contributed by atoms with Crippen molar-refractivity contribution in [3.63, 3.8) is 0 Å². The zero-order valence-corrected chi connectivity index (χ0v) is 10.8. The molecule has 19 heavy (non-hydrogen) atoms. The number of methoxy groups -OCH3 is 1. The van der Waals surface area contributed by atoms with Crippen LogP contribution in [0.3, 0.4) is 0 Å². The van der Waals surface area contributed by atoms with E-state index in [-0.39, 0.29) is 6.42 Å². The predicted molar refractivity (Wildman–Crippen MR) is 68.2 cm³/mol. The highest BCUT2D eigenvalue weighted by atomic mass is 16.5. The Bertz CT molecular complexity index is 487. The summed E-state index contributed by atoms with van der Waals surface area (Å²) < 4.78 is 4.71. The third kappa shape index (κ3) is 2.73. The van der Waals surface area contributed by atoms with E-state index < -0.39 is 23.3 Å². The number of rotatable bonds is 4. The Kier molecular flexibility index (Phi) is 4.63. The minimum Gasteiger partial charge on any atom is -0.468 e. The number of amides is 3. The number of nitrogens with one attached hydrogen (secondary N) is 1. The molecule has 0 heterocycles. The first-order valence-corrected chi connectivity index (χ1v) is 5.73. The maximum atomic E-state index is 12.2. The van der Waals surface area contributed by atoms with E-state index in [2.05, 4.69) is 0 Å². The van der Waals surface area contributed by atoms with Gasteiger partial charge in [0.2, 0.25) is 5.91 Å². The molecule has 1 aromatic rings. The van der Waals surface area contributed by atoms with Crippen molar-refractivity contribution >= 4 is 17.9 Å². The maximum Gasteiger partial charge on any atom is 0.325 e. The van der Waals surface area contributed by atoms with E-state index in [1.54, 1.807) is 37.3 Å². The van der Waals surface area contributed by atoms with Crippen LogP contribution in [0.4, 0.5) is 4.79 Å². The van der Waals surface area contributed by atoms with E-state index in [0.717, 1.165) is 0 Å². The van der Waals surface area contributed by atoms with Gasteiger partial charge < -0.3 is 10.5 Å². The Balaban J connectivity index is 3.35. The van der Waals surface area contributed by atoms with Crippen LogP contribution in [-0.4, -0.2) is 25.0 Å². The molecule has 102 valence electrons. The molecule has 3 N–H and O–H groups in total. The molecule has 1 aromatic carbocycles. The van der Waals surface area contributed by atoms with Gasteiger partial charge in [0.1, 0.15) is 0 Å². The minimum absolute atomic E-state index is 0.142. The first-order chi connectivity index (χ1) is 8.98. The third-order valence-corrected chi connectivity index (χ3v) is 2.96. The van der Waals surface area contributed by atoms with Crippen LogP contribution in [0.1, 0.15) is 18.9 Å². The summed E-state index contributed by atoms with van der Waals surface area (Å²) in [6, 6.07) is 7.39. The quantitative estimate of drug-likeness (QED) is 0.617. The summed E-state index contributed by atoms with van der Waals surface area (Å²) in [4.78, 5) is 35.1. The number of carbonyl (C=O) groups is 3. The van der Waals surface area contributed by atoms with Crippen molar-refractivity contribution in [2.24, 2.45) is 5.73 Å². The predicted octanol–water partition coefficient (Wildman–Crippen LogP) is 0.702. The van der Waals surface area contributed by atoms with Gasteiger partial charge in [-0.3, -0.25) is 14.9 Å². The van der Waals surface area contributed by atoms with Gasteiger partial charge in [0.25, 0.3) is 0 Å². The Labute approximate surface area is 110 Å². The van der Waals surface area contributed by atoms with Crippen LogP contribution >= 0.6 is 0 Å². The summed E-state index contributed by atoms with van der Waals surface area (Å²) in [5.74, 6) is -1.53. The molecular formula is C13H16N2O4. The zero-order valence-electron chi connectivity index (χ0n) is 10.8. The molecule has 0 saturated carbocycles. The number of ether oxygens (including phenoxy) is 1. The van der Waals surface area contributed by atoms with Gasteiger partial charge in [0.05, 0.1) is 7.11 Å². The molecule has 0 aromatic heterocycles. The highest BCUT2D eigenvalue weighted by molar-refractivity contribution is 6.12. The van der Waals surface area contributed by atoms with Gasteiger partial charge in [-0.1, -0.05) is 37.3 Å². The standard InChI is InChI=1S/C13H16N2O4/c1-3-13(11(17)19-2,10(16)15-12(14)18)9-7-5-4-6-8-9/h4-8H,3H2,1-2H3,(H3,14,15,16,18). The Morgan fingerprint density at radius 2 is 1.84 bits per heavy atom. The van der Waals surface area contributed by atoms with Crippen LogP contribution < -0.4 is 11.1 Å². The van der Waals surface area contributed by atoms with E-state index in [4.69, 9.17) is 10.5 Å². The van der Waals surface area contributed by atoms with E-state index in [1.165, 1.54) is 7.11 Å². The van der Waals surface area contributed by atoms with Crippen molar-refractivity contribution in [1.29, 1.82) is 0 Å². The molecular weight excluding hydrogens is 248 g/mol. The Morgan fingerprint density at radius 3 is 2.26 bits per heavy atom. The van der Waals surface area contributed by atoms with E-state index in [9.17, 15) is 14.4 Å². The van der Waals surface area contributed by atoms with Gasteiger partial charge in [0, 0.05) is 0 Å². The Morgan fingerprint density at radius 1 is 1.26 bits per heavy atom. The average molecular weight is 264 g/mol. The second-order valence-electron chi connectivity index (χ2n) is 3.93. The molecule has 0 saturated heterocycles. The largest absolute Gasteiger partial charge is 0.468 e. The van der Waals surface area contributed by atoms with Crippen molar-refractivity contribution in [2.75, 3.05) is 7.11 Å². The second-order valence-corrected chi connectivity index (χ2v) is 3.93. The number of carbonyl (C=O) groups excluding carboxylic acids is 3. The molecule has 6 nitrogen and oxygen atoms in total. The van der Waals surface area contributed by atoms with Crippen molar-refractivity contribution in [3.05, 3.63) is 35.9 Å². The van der Waals surface area contributed by atoms with Gasteiger partial charge in [-0.25, -0.2) is 4.79 Å². The van der Waals surface area contributed by atoms with Crippen LogP contribution in [0.15, 0.2) is 30.3 Å². The van der Waals surface area contributed by atoms with Crippen molar-refractivity contribution in [2.45, 2.75) is 18.8 Å². The van der Waals surface area contributed by atoms with Crippen molar-refractivity contribution in [3.8, 4) is 0 Å². The summed E-state index contributed by atoms with van der Waals surface area (Å²) in [6.45, 7) is 1.66. The monoisotopic (exact) mass is 264 g/mol. The minimum atomic E-state index is -1.58. The number of imide groups is 1. The molecule has 0 fully saturated rings. The highest BCUT2D eigenvalue weighted by Gasteiger charge is 2.47. The van der Waals surface area contributed by atoms with Crippen LogP contribution in [0.5, 0.6) is 0 Å². The second kappa shape index (κ2) is 5.99. The summed E-state index contributed by atoms with van der Waals surface area (Å²) in [5.41, 5.74) is 3.81. The first kappa shape index (κ1) is 14.7. The molecule has 1 atom stereocenters. The lowest BCUT2D eigenvalue weighted by Crippen LogP contribution is -2.53. The lowest BCUT2D eigenvalue weighted by atomic mass is 9.77. The zero-order chi connectivity index (χ0) is 14.5. The summed E-state index contributed by atoms with van der Waals surface area (Å²) in [6.07, 6.45) is 0.142. The van der Waals surface area contributed by atoms with Crippen LogP contribution in [0.2, 0.25) is 0 Å². The van der Waals surface area contributed by atoms with Gasteiger partial charge in [-0.2, -0.15) is 0 Å². The van der Waals surface area contributed by atoms with E-state index >= 15 is 0 Å². The van der Waals surface area contributed by atoms with Gasteiger partial charge in [0.15, 0.2) is 5.41 Å². The fourth-order valence-corrected chi connectivity index (χ4v) is 1.97. The van der Waals surface area contributed by atoms with Crippen molar-refractivity contribution < 1.29 is 19.1 Å². The lowest BCUT2D eigenvalue weighted by Gasteiger charge is -2.28. The Hall–Kier alpha value is -2.37. The first-order valence-electron chi connectivity index (χ1n) is 5.73. The SMILES string of the molecule is CCC(C(=O)NC(N)=O)(C(=O)OC)c1ccccc1. The molecule has 0 aliphatic heterocycles. The van der Waals surface area contributed by atoms with Gasteiger partial charge in [-0.15, -0.1) is 0 Å². The molecule has 6 heteroatoms. The number of primary amides is 1. The number of esters is 1. The maximum absolute atomic E-state index is 12.2. The molecule has 3 amide bonds. The normalized spacial score (nSPS) is 13.2. The van der Waals surface area contributed by atoms with Crippen molar-refractivity contribution in [1.82, 2.24) is 5.32 Å². The van der Waals surface area contributed by atoms with E-state index in [1.807, 2.05) is 5.32 Å². The number of nitrogens with two attached hydrogens (primary N) is 1. The fourth-order valence-electron chi connectivity index (χ4n) is 1.97. The highest BCUT2D eigenvalue weighted by Crippen LogP contribution is 2.30. The van der Waals surface area contributed by atoms with Crippen LogP contribution in [0, 0.1) is 0 Å². The topological polar surface area (TPSA) is 98.5 Å². The molecule has 0 aliphatic rings. The van der Waals surface area contributed by atoms with E-state index in [0.29, 0.717) is 5.56 Å². The van der Waals surface area contributed by atoms with Gasteiger partial charge >= 0.3 is 12.0 Å². The summed E-state index contributed by atoms with van der Waals surface area (Å²) >= 11 is 0. The summed E-state index contributed by atoms with van der Waals surface area (Å²) in [7, 11) is 1.19. The molecule has 1 rings (SSSR count). The molecule has 1 unspecified atom stereocenters. The van der Waals surface area contributed by atoms with Gasteiger partial charge in [-0.05, 0) is 12.0 Å². The average Bonchev–Trinajstić information content (AvgIpc) is 2.40. The fraction of sp³-hybridized carbons (Fsp3) is 0.308. The number of hydrogen-bond acceptors (Lipinski definition) is 4. The number of benzene rings is 1. The number of urea groups is 1. The smallest absolute Gasteiger partial charge is 0.325 e. The molecule has 0 aliphatic carbocycles. The molecule has 0 bridgehead atoms. The summed E-state index contributed by atoms with van der Waals surface area (Å²) in [5, 5.41) is 1.95. The molecule has 0 radical (unpaired) electrons. The van der Waals surface area contributed by atoms with Crippen LogP contribution in [0.25, 0.3) is 0 Å².